The number of aliphatic carboxylic acids is 1. The van der Waals surface area contributed by atoms with E-state index in [9.17, 15) is 24.3 Å². The molecule has 0 bridgehead atoms. The van der Waals surface area contributed by atoms with Crippen molar-refractivity contribution in [2.45, 2.75) is 145 Å². The van der Waals surface area contributed by atoms with Gasteiger partial charge in [-0.1, -0.05) is 60.6 Å². The maximum atomic E-state index is 14.8. The van der Waals surface area contributed by atoms with Gasteiger partial charge in [-0.3, -0.25) is 19.2 Å². The lowest BCUT2D eigenvalue weighted by Crippen LogP contribution is -2.68. The second-order valence-electron chi connectivity index (χ2n) is 20.4. The molecule has 1 heterocycles. The molecule has 0 radical (unpaired) electrons. The molecule has 8 nitrogen and oxygen atoms in total. The molecule has 2 amide bonds. The minimum atomic E-state index is -0.891. The van der Waals surface area contributed by atoms with Crippen LogP contribution in [0.1, 0.15) is 139 Å². The molecule has 0 aromatic carbocycles. The fraction of sp³-hybridized carbons (Fsp3) is 0.860. The van der Waals surface area contributed by atoms with Crippen molar-refractivity contribution in [1.29, 1.82) is 0 Å². The van der Waals surface area contributed by atoms with Gasteiger partial charge in [-0.15, -0.1) is 0 Å². The molecular formula is C43H68N2O6. The molecule has 6 rings (SSSR count). The number of ether oxygens (including phenoxy) is 1. The summed E-state index contributed by atoms with van der Waals surface area (Å²) in [7, 11) is 0. The molecule has 0 aromatic rings. The van der Waals surface area contributed by atoms with Crippen LogP contribution in [0, 0.1) is 62.1 Å². The maximum absolute atomic E-state index is 14.8. The number of allylic oxidation sites excluding steroid dienone is 1. The topological polar surface area (TPSA) is 104 Å². The molecular weight excluding hydrogens is 640 g/mol. The number of rotatable bonds is 7. The molecule has 10 atom stereocenters. The highest BCUT2D eigenvalue weighted by Crippen LogP contribution is 2.77. The number of fused-ring (bicyclic) bond motifs is 7. The number of piperazine rings is 1. The lowest BCUT2D eigenvalue weighted by Gasteiger charge is -2.73. The SMILES string of the molecule is C=C(C)C1CC[C@]2(C(=O)N3CCN(C(C)=O)CC3)CC[C@]3(C)[C@H](CC[C@@H]4C5(C)CC[C@H](OC(=O)CC(C)(C)CC(=O)O)C(C)(C)[C@@H]5CC[C@]43C)[C@@H]12. The number of nitrogens with zero attached hydrogens (tertiary/aromatic N) is 2. The first-order chi connectivity index (χ1) is 23.6. The Morgan fingerprint density at radius 1 is 0.765 bits per heavy atom. The Labute approximate surface area is 307 Å². The van der Waals surface area contributed by atoms with E-state index in [1.807, 2.05) is 18.7 Å². The van der Waals surface area contributed by atoms with Crippen molar-refractivity contribution in [2.75, 3.05) is 26.2 Å². The molecule has 0 spiro atoms. The highest BCUT2D eigenvalue weighted by atomic mass is 16.5. The van der Waals surface area contributed by atoms with Gasteiger partial charge in [-0.05, 0) is 122 Å². The third-order valence-corrected chi connectivity index (χ3v) is 17.0. The first-order valence-electron chi connectivity index (χ1n) is 20.2. The van der Waals surface area contributed by atoms with Crippen molar-refractivity contribution in [1.82, 2.24) is 9.80 Å². The Kier molecular flexibility index (Phi) is 9.69. The molecule has 5 aliphatic carbocycles. The average molecular weight is 709 g/mol. The standard InChI is InChI=1S/C43H68N2O6/c1-27(2)29-13-18-43(37(50)45-23-21-44(22-24-45)28(3)46)20-19-41(9)30(36(29)43)11-12-32-40(8)16-15-33(39(6,7)31(40)14-17-42(32,41)10)51-35(49)26-38(4,5)25-34(47)48/h29-33,36H,1,11-26H2,2-10H3,(H,47,48)/t29?,30-,31+,32-,33+,36-,40?,41-,42-,43+/m1/s1. The van der Waals surface area contributed by atoms with Crippen LogP contribution in [0.2, 0.25) is 0 Å². The van der Waals surface area contributed by atoms with E-state index in [2.05, 4.69) is 53.0 Å². The third-order valence-electron chi connectivity index (χ3n) is 17.0. The average Bonchev–Trinajstić information content (AvgIpc) is 3.43. The second kappa shape index (κ2) is 12.9. The van der Waals surface area contributed by atoms with Gasteiger partial charge in [0.15, 0.2) is 0 Å². The Hall–Kier alpha value is -2.38. The van der Waals surface area contributed by atoms with Gasteiger partial charge < -0.3 is 19.6 Å². The third kappa shape index (κ3) is 5.99. The summed E-state index contributed by atoms with van der Waals surface area (Å²) in [4.78, 5) is 55.5. The number of carboxylic acid groups (broad SMARTS) is 1. The zero-order chi connectivity index (χ0) is 37.5. The summed E-state index contributed by atoms with van der Waals surface area (Å²) >= 11 is 0. The van der Waals surface area contributed by atoms with Crippen LogP contribution in [-0.2, 0) is 23.9 Å². The molecule has 1 saturated heterocycles. The summed E-state index contributed by atoms with van der Waals surface area (Å²) in [6.45, 7) is 27.0. The number of carboxylic acids is 1. The number of carbonyl (C=O) groups excluding carboxylic acids is 3. The molecule has 0 aromatic heterocycles. The van der Waals surface area contributed by atoms with E-state index in [4.69, 9.17) is 4.74 Å². The minimum absolute atomic E-state index is 0.0573. The molecule has 286 valence electrons. The van der Waals surface area contributed by atoms with Crippen LogP contribution >= 0.6 is 0 Å². The highest BCUT2D eigenvalue weighted by Gasteiger charge is 2.72. The summed E-state index contributed by atoms with van der Waals surface area (Å²) in [5, 5.41) is 9.34. The Balaban J connectivity index is 1.24. The first-order valence-corrected chi connectivity index (χ1v) is 20.2. The molecule has 6 fully saturated rings. The fourth-order valence-electron chi connectivity index (χ4n) is 14.3. The van der Waals surface area contributed by atoms with Crippen LogP contribution in [-0.4, -0.2) is 70.9 Å². The number of carbonyl (C=O) groups is 4. The summed E-state index contributed by atoms with van der Waals surface area (Å²) in [5.41, 5.74) is 0.463. The van der Waals surface area contributed by atoms with E-state index in [-0.39, 0.29) is 57.9 Å². The Bertz CT molecular complexity index is 1450. The smallest absolute Gasteiger partial charge is 0.306 e. The molecule has 6 aliphatic rings. The predicted octanol–water partition coefficient (Wildman–Crippen LogP) is 8.14. The zero-order valence-electron chi connectivity index (χ0n) is 33.4. The van der Waals surface area contributed by atoms with Gasteiger partial charge in [0.25, 0.3) is 0 Å². The first kappa shape index (κ1) is 38.3. The van der Waals surface area contributed by atoms with Crippen molar-refractivity contribution in [3.8, 4) is 0 Å². The van der Waals surface area contributed by atoms with Gasteiger partial charge in [0.1, 0.15) is 6.10 Å². The molecule has 8 heteroatoms. The lowest BCUT2D eigenvalue weighted by atomic mass is 9.32. The summed E-state index contributed by atoms with van der Waals surface area (Å²) < 4.78 is 6.27. The summed E-state index contributed by atoms with van der Waals surface area (Å²) in [6.07, 6.45) is 10.4. The van der Waals surface area contributed by atoms with Gasteiger partial charge in [0, 0.05) is 38.5 Å². The van der Waals surface area contributed by atoms with E-state index in [0.717, 1.165) is 57.8 Å². The van der Waals surface area contributed by atoms with Crippen LogP contribution in [0.4, 0.5) is 0 Å². The fourth-order valence-corrected chi connectivity index (χ4v) is 14.3. The molecule has 1 aliphatic heterocycles. The van der Waals surface area contributed by atoms with E-state index in [1.54, 1.807) is 6.92 Å². The number of esters is 1. The molecule has 1 N–H and O–H groups in total. The number of hydrogen-bond donors (Lipinski definition) is 1. The lowest BCUT2D eigenvalue weighted by molar-refractivity contribution is -0.250. The van der Waals surface area contributed by atoms with Crippen LogP contribution in [0.15, 0.2) is 12.2 Å². The van der Waals surface area contributed by atoms with E-state index in [0.29, 0.717) is 61.7 Å². The van der Waals surface area contributed by atoms with Gasteiger partial charge in [0.2, 0.25) is 11.8 Å². The Morgan fingerprint density at radius 3 is 2.02 bits per heavy atom. The number of hydrogen-bond acceptors (Lipinski definition) is 5. The largest absolute Gasteiger partial charge is 0.481 e. The molecule has 2 unspecified atom stereocenters. The zero-order valence-corrected chi connectivity index (χ0v) is 33.4. The minimum Gasteiger partial charge on any atom is -0.481 e. The van der Waals surface area contributed by atoms with Crippen LogP contribution in [0.3, 0.4) is 0 Å². The summed E-state index contributed by atoms with van der Waals surface area (Å²) in [6, 6.07) is 0. The van der Waals surface area contributed by atoms with Crippen molar-refractivity contribution < 1.29 is 29.0 Å². The number of amides is 2. The van der Waals surface area contributed by atoms with Crippen molar-refractivity contribution in [2.24, 2.45) is 62.1 Å². The summed E-state index contributed by atoms with van der Waals surface area (Å²) in [5.74, 6) is 1.42. The second-order valence-corrected chi connectivity index (χ2v) is 20.4. The Morgan fingerprint density at radius 2 is 1.41 bits per heavy atom. The molecule has 5 saturated carbocycles. The van der Waals surface area contributed by atoms with Crippen molar-refractivity contribution in [3.05, 3.63) is 12.2 Å². The van der Waals surface area contributed by atoms with Crippen LogP contribution < -0.4 is 0 Å². The van der Waals surface area contributed by atoms with Gasteiger partial charge in [0.05, 0.1) is 18.3 Å². The van der Waals surface area contributed by atoms with Gasteiger partial charge in [-0.2, -0.15) is 0 Å². The van der Waals surface area contributed by atoms with E-state index in [1.165, 1.54) is 12.0 Å². The van der Waals surface area contributed by atoms with E-state index >= 15 is 0 Å². The maximum Gasteiger partial charge on any atom is 0.306 e. The molecule has 51 heavy (non-hydrogen) atoms. The quantitative estimate of drug-likeness (QED) is 0.212. The van der Waals surface area contributed by atoms with Crippen molar-refractivity contribution in [3.63, 3.8) is 0 Å². The van der Waals surface area contributed by atoms with Gasteiger partial charge >= 0.3 is 11.9 Å². The van der Waals surface area contributed by atoms with Crippen molar-refractivity contribution >= 4 is 23.8 Å². The monoisotopic (exact) mass is 709 g/mol. The van der Waals surface area contributed by atoms with Gasteiger partial charge in [-0.25, -0.2) is 0 Å². The predicted molar refractivity (Wildman–Crippen MR) is 198 cm³/mol. The van der Waals surface area contributed by atoms with Crippen LogP contribution in [0.5, 0.6) is 0 Å². The highest BCUT2D eigenvalue weighted by molar-refractivity contribution is 5.84. The normalized spacial score (nSPS) is 41.7. The van der Waals surface area contributed by atoms with E-state index < -0.39 is 11.4 Å². The van der Waals surface area contributed by atoms with Crippen LogP contribution in [0.25, 0.3) is 0 Å².